The molecule has 1 N–H and O–H groups in total. The molecule has 18 heavy (non-hydrogen) atoms. The first-order valence-electron chi connectivity index (χ1n) is 6.44. The molecule has 4 heteroatoms. The molecule has 0 radical (unpaired) electrons. The van der Waals surface area contributed by atoms with Gasteiger partial charge in [-0.3, -0.25) is 4.98 Å². The fourth-order valence-corrected chi connectivity index (χ4v) is 2.21. The van der Waals surface area contributed by atoms with Crippen molar-refractivity contribution < 1.29 is 9.47 Å². The lowest BCUT2D eigenvalue weighted by Crippen LogP contribution is -2.40. The van der Waals surface area contributed by atoms with Crippen LogP contribution in [-0.4, -0.2) is 30.8 Å². The van der Waals surface area contributed by atoms with Crippen LogP contribution in [0.3, 0.4) is 0 Å². The molecule has 0 aliphatic rings. The second-order valence-electron chi connectivity index (χ2n) is 4.65. The van der Waals surface area contributed by atoms with Gasteiger partial charge in [-0.25, -0.2) is 0 Å². The summed E-state index contributed by atoms with van der Waals surface area (Å²) in [5, 5.41) is 3.29. The molecule has 1 unspecified atom stereocenters. The lowest BCUT2D eigenvalue weighted by Gasteiger charge is -2.34. The first-order chi connectivity index (χ1) is 8.55. The van der Waals surface area contributed by atoms with Crippen molar-refractivity contribution >= 4 is 0 Å². The van der Waals surface area contributed by atoms with Gasteiger partial charge in [-0.05, 0) is 46.4 Å². The molecule has 1 aromatic heterocycles. The topological polar surface area (TPSA) is 43.4 Å². The minimum Gasteiger partial charge on any atom is -0.492 e. The SMILES string of the molecule is CCOc1cncc(C(NC)C(C)(C)OCC)c1. The maximum Gasteiger partial charge on any atom is 0.137 e. The Kier molecular flexibility index (Phi) is 5.56. The van der Waals surface area contributed by atoms with Crippen LogP contribution in [0.4, 0.5) is 0 Å². The van der Waals surface area contributed by atoms with Gasteiger partial charge in [0.2, 0.25) is 0 Å². The van der Waals surface area contributed by atoms with Gasteiger partial charge in [-0.15, -0.1) is 0 Å². The summed E-state index contributed by atoms with van der Waals surface area (Å²) in [6.45, 7) is 9.44. The van der Waals surface area contributed by atoms with Crippen molar-refractivity contribution in [1.82, 2.24) is 10.3 Å². The van der Waals surface area contributed by atoms with Crippen molar-refractivity contribution in [3.8, 4) is 5.75 Å². The van der Waals surface area contributed by atoms with Crippen LogP contribution in [0.5, 0.6) is 5.75 Å². The standard InChI is InChI=1S/C14H24N2O2/c1-6-17-12-8-11(9-16-10-12)13(15-5)14(3,4)18-7-2/h8-10,13,15H,6-7H2,1-5H3. The Morgan fingerprint density at radius 3 is 2.56 bits per heavy atom. The first-order valence-corrected chi connectivity index (χ1v) is 6.44. The van der Waals surface area contributed by atoms with E-state index in [1.54, 1.807) is 6.20 Å². The monoisotopic (exact) mass is 252 g/mol. The molecule has 1 rings (SSSR count). The van der Waals surface area contributed by atoms with E-state index in [0.717, 1.165) is 11.3 Å². The maximum atomic E-state index is 5.81. The van der Waals surface area contributed by atoms with Crippen LogP contribution < -0.4 is 10.1 Å². The molecular formula is C14H24N2O2. The van der Waals surface area contributed by atoms with Crippen LogP contribution in [0.2, 0.25) is 0 Å². The average Bonchev–Trinajstić information content (AvgIpc) is 2.30. The van der Waals surface area contributed by atoms with Gasteiger partial charge < -0.3 is 14.8 Å². The largest absolute Gasteiger partial charge is 0.492 e. The van der Waals surface area contributed by atoms with Gasteiger partial charge in [0.05, 0.1) is 24.4 Å². The molecule has 0 amide bonds. The van der Waals surface area contributed by atoms with Gasteiger partial charge in [0, 0.05) is 12.8 Å². The third kappa shape index (κ3) is 3.68. The molecule has 0 aromatic carbocycles. The number of ether oxygens (including phenoxy) is 2. The van der Waals surface area contributed by atoms with Crippen LogP contribution in [-0.2, 0) is 4.74 Å². The lowest BCUT2D eigenvalue weighted by molar-refractivity contribution is -0.0375. The second-order valence-corrected chi connectivity index (χ2v) is 4.65. The predicted molar refractivity (Wildman–Crippen MR) is 72.9 cm³/mol. The zero-order valence-electron chi connectivity index (χ0n) is 12.0. The zero-order chi connectivity index (χ0) is 13.6. The second kappa shape index (κ2) is 6.71. The van der Waals surface area contributed by atoms with Crippen molar-refractivity contribution in [2.24, 2.45) is 0 Å². The van der Waals surface area contributed by atoms with Gasteiger partial charge in [0.1, 0.15) is 5.75 Å². The zero-order valence-corrected chi connectivity index (χ0v) is 12.0. The van der Waals surface area contributed by atoms with Gasteiger partial charge in [-0.2, -0.15) is 0 Å². The van der Waals surface area contributed by atoms with E-state index < -0.39 is 0 Å². The summed E-state index contributed by atoms with van der Waals surface area (Å²) < 4.78 is 11.3. The summed E-state index contributed by atoms with van der Waals surface area (Å²) in [6, 6.07) is 2.09. The summed E-state index contributed by atoms with van der Waals surface area (Å²) in [5.41, 5.74) is 0.776. The van der Waals surface area contributed by atoms with Crippen LogP contribution in [0.1, 0.15) is 39.3 Å². The van der Waals surface area contributed by atoms with E-state index in [2.05, 4.69) is 24.1 Å². The Labute approximate surface area is 110 Å². The molecule has 0 spiro atoms. The maximum absolute atomic E-state index is 5.81. The highest BCUT2D eigenvalue weighted by atomic mass is 16.5. The number of pyridine rings is 1. The lowest BCUT2D eigenvalue weighted by atomic mass is 9.92. The van der Waals surface area contributed by atoms with Crippen LogP contribution >= 0.6 is 0 Å². The molecule has 0 aliphatic heterocycles. The molecule has 0 bridgehead atoms. The van der Waals surface area contributed by atoms with E-state index in [4.69, 9.17) is 9.47 Å². The molecule has 0 saturated carbocycles. The number of likely N-dealkylation sites (N-methyl/N-ethyl adjacent to an activating group) is 1. The van der Waals surface area contributed by atoms with Crippen molar-refractivity contribution in [3.05, 3.63) is 24.0 Å². The quantitative estimate of drug-likeness (QED) is 0.810. The minimum absolute atomic E-state index is 0.0744. The summed E-state index contributed by atoms with van der Waals surface area (Å²) in [6.07, 6.45) is 3.58. The van der Waals surface area contributed by atoms with Crippen LogP contribution in [0.25, 0.3) is 0 Å². The summed E-state index contributed by atoms with van der Waals surface area (Å²) in [5.74, 6) is 0.794. The van der Waals surface area contributed by atoms with Gasteiger partial charge in [0.15, 0.2) is 0 Å². The van der Waals surface area contributed by atoms with Crippen molar-refractivity contribution in [3.63, 3.8) is 0 Å². The Morgan fingerprint density at radius 1 is 1.28 bits per heavy atom. The van der Waals surface area contributed by atoms with Crippen molar-refractivity contribution in [2.45, 2.75) is 39.3 Å². The van der Waals surface area contributed by atoms with Crippen LogP contribution in [0.15, 0.2) is 18.5 Å². The molecule has 0 saturated heterocycles. The molecular weight excluding hydrogens is 228 g/mol. The molecule has 1 heterocycles. The van der Waals surface area contributed by atoms with E-state index in [1.165, 1.54) is 0 Å². The Balaban J connectivity index is 2.97. The van der Waals surface area contributed by atoms with E-state index in [0.29, 0.717) is 13.2 Å². The van der Waals surface area contributed by atoms with Crippen molar-refractivity contribution in [2.75, 3.05) is 20.3 Å². The summed E-state index contributed by atoms with van der Waals surface area (Å²) >= 11 is 0. The number of nitrogens with zero attached hydrogens (tertiary/aromatic N) is 1. The molecule has 1 atom stereocenters. The molecule has 1 aromatic rings. The Hall–Kier alpha value is -1.13. The average molecular weight is 252 g/mol. The van der Waals surface area contributed by atoms with Crippen molar-refractivity contribution in [1.29, 1.82) is 0 Å². The number of nitrogens with one attached hydrogen (secondary N) is 1. The third-order valence-electron chi connectivity index (χ3n) is 2.88. The van der Waals surface area contributed by atoms with Gasteiger partial charge >= 0.3 is 0 Å². The summed E-state index contributed by atoms with van der Waals surface area (Å²) in [4.78, 5) is 4.23. The fourth-order valence-electron chi connectivity index (χ4n) is 2.21. The predicted octanol–water partition coefficient (Wildman–Crippen LogP) is 2.56. The van der Waals surface area contributed by atoms with E-state index in [9.17, 15) is 0 Å². The van der Waals surface area contributed by atoms with E-state index >= 15 is 0 Å². The highest BCUT2D eigenvalue weighted by Crippen LogP contribution is 2.29. The summed E-state index contributed by atoms with van der Waals surface area (Å²) in [7, 11) is 1.93. The molecule has 4 nitrogen and oxygen atoms in total. The Morgan fingerprint density at radius 2 is 2.00 bits per heavy atom. The number of rotatable bonds is 7. The van der Waals surface area contributed by atoms with Crippen LogP contribution in [0, 0.1) is 0 Å². The van der Waals surface area contributed by atoms with Gasteiger partial charge in [-0.1, -0.05) is 0 Å². The third-order valence-corrected chi connectivity index (χ3v) is 2.88. The normalized spacial score (nSPS) is 13.4. The minimum atomic E-state index is -0.296. The first kappa shape index (κ1) is 14.9. The number of hydrogen-bond acceptors (Lipinski definition) is 4. The molecule has 102 valence electrons. The smallest absolute Gasteiger partial charge is 0.137 e. The number of aromatic nitrogens is 1. The highest BCUT2D eigenvalue weighted by molar-refractivity contribution is 5.27. The highest BCUT2D eigenvalue weighted by Gasteiger charge is 2.30. The van der Waals surface area contributed by atoms with E-state index in [-0.39, 0.29) is 11.6 Å². The molecule has 0 fully saturated rings. The molecule has 0 aliphatic carbocycles. The number of hydrogen-bond donors (Lipinski definition) is 1. The fraction of sp³-hybridized carbons (Fsp3) is 0.643. The Bertz CT molecular complexity index is 367. The van der Waals surface area contributed by atoms with E-state index in [1.807, 2.05) is 33.2 Å². The van der Waals surface area contributed by atoms with Gasteiger partial charge in [0.25, 0.3) is 0 Å².